The molecule has 2 heterocycles. The zero-order valence-corrected chi connectivity index (χ0v) is 18.9. The third-order valence-corrected chi connectivity index (χ3v) is 6.58. The summed E-state index contributed by atoms with van der Waals surface area (Å²) in [6.45, 7) is 6.16. The highest BCUT2D eigenvalue weighted by Crippen LogP contribution is 2.43. The number of rotatable bonds is 4. The Morgan fingerprint density at radius 1 is 1.12 bits per heavy atom. The molecule has 2 aromatic carbocycles. The number of benzene rings is 2. The van der Waals surface area contributed by atoms with Gasteiger partial charge in [-0.1, -0.05) is 56.3 Å². The van der Waals surface area contributed by atoms with Crippen molar-refractivity contribution in [1.29, 1.82) is 5.26 Å². The van der Waals surface area contributed by atoms with Crippen LogP contribution in [0.2, 0.25) is 0 Å². The van der Waals surface area contributed by atoms with E-state index in [1.54, 1.807) is 0 Å². The van der Waals surface area contributed by atoms with Crippen LogP contribution in [0.15, 0.2) is 48.5 Å². The molecule has 5 N–H and O–H groups in total. The quantitative estimate of drug-likeness (QED) is 0.376. The molecule has 6 nitrogen and oxygen atoms in total. The van der Waals surface area contributed by atoms with E-state index < -0.39 is 0 Å². The minimum Gasteiger partial charge on any atom is -0.397 e. The molecule has 1 amide bonds. The van der Waals surface area contributed by atoms with Crippen LogP contribution in [0.3, 0.4) is 0 Å². The maximum Gasteiger partial charge on any atom is 0.267 e. The molecular weight excluding hydrogens is 418 g/mol. The van der Waals surface area contributed by atoms with E-state index in [9.17, 15) is 10.1 Å². The Labute approximate surface area is 190 Å². The third-order valence-electron chi connectivity index (χ3n) is 5.48. The molecule has 32 heavy (non-hydrogen) atoms. The standard InChI is InChI=1S/C25H23N5OS/c1-13(2)15-8-10-16(11-9-15)19-17(12-26)23(28)30-25-20(19)21(27)22(32-25)24(31)29-18-7-5-4-6-14(18)3/h4-11,13H,27H2,1-3H3,(H2,28,30)(H,29,31). The lowest BCUT2D eigenvalue weighted by atomic mass is 9.94. The number of nitrogens with zero attached hydrogens (tertiary/aromatic N) is 2. The van der Waals surface area contributed by atoms with Crippen molar-refractivity contribution in [1.82, 2.24) is 4.98 Å². The predicted molar refractivity (Wildman–Crippen MR) is 132 cm³/mol. The fraction of sp³-hybridized carbons (Fsp3) is 0.160. The number of anilines is 3. The van der Waals surface area contributed by atoms with Gasteiger partial charge in [-0.3, -0.25) is 4.79 Å². The molecule has 4 rings (SSSR count). The van der Waals surface area contributed by atoms with E-state index in [4.69, 9.17) is 11.5 Å². The zero-order valence-electron chi connectivity index (χ0n) is 18.1. The van der Waals surface area contributed by atoms with Crippen LogP contribution in [-0.2, 0) is 0 Å². The number of aryl methyl sites for hydroxylation is 1. The van der Waals surface area contributed by atoms with Gasteiger partial charge in [-0.2, -0.15) is 5.26 Å². The SMILES string of the molecule is Cc1ccccc1NC(=O)c1sc2nc(N)c(C#N)c(-c3ccc(C(C)C)cc3)c2c1N. The summed E-state index contributed by atoms with van der Waals surface area (Å²) in [7, 11) is 0. The van der Waals surface area contributed by atoms with Gasteiger partial charge in [0.15, 0.2) is 0 Å². The van der Waals surface area contributed by atoms with E-state index in [-0.39, 0.29) is 17.3 Å². The Morgan fingerprint density at radius 3 is 2.44 bits per heavy atom. The lowest BCUT2D eigenvalue weighted by molar-refractivity contribution is 0.103. The average Bonchev–Trinajstić information content (AvgIpc) is 3.10. The van der Waals surface area contributed by atoms with Crippen molar-refractivity contribution in [3.63, 3.8) is 0 Å². The van der Waals surface area contributed by atoms with Crippen LogP contribution in [0, 0.1) is 18.3 Å². The van der Waals surface area contributed by atoms with Gasteiger partial charge in [0.2, 0.25) is 0 Å². The fourth-order valence-electron chi connectivity index (χ4n) is 3.67. The number of aromatic nitrogens is 1. The average molecular weight is 442 g/mol. The Kier molecular flexibility index (Phi) is 5.56. The summed E-state index contributed by atoms with van der Waals surface area (Å²) in [4.78, 5) is 18.3. The van der Waals surface area contributed by atoms with Crippen LogP contribution in [0.5, 0.6) is 0 Å². The summed E-state index contributed by atoms with van der Waals surface area (Å²) in [5.41, 5.74) is 17.4. The van der Waals surface area contributed by atoms with Crippen molar-refractivity contribution in [2.24, 2.45) is 0 Å². The van der Waals surface area contributed by atoms with Gasteiger partial charge >= 0.3 is 0 Å². The lowest BCUT2D eigenvalue weighted by Crippen LogP contribution is -2.12. The summed E-state index contributed by atoms with van der Waals surface area (Å²) in [5.74, 6) is 0.179. The monoisotopic (exact) mass is 441 g/mol. The Bertz CT molecular complexity index is 1380. The summed E-state index contributed by atoms with van der Waals surface area (Å²) in [5, 5.41) is 13.3. The largest absolute Gasteiger partial charge is 0.397 e. The van der Waals surface area contributed by atoms with E-state index >= 15 is 0 Å². The highest BCUT2D eigenvalue weighted by Gasteiger charge is 2.24. The molecule has 0 saturated carbocycles. The summed E-state index contributed by atoms with van der Waals surface area (Å²) < 4.78 is 0. The van der Waals surface area contributed by atoms with Crippen molar-refractivity contribution in [2.75, 3.05) is 16.8 Å². The molecule has 160 valence electrons. The highest BCUT2D eigenvalue weighted by atomic mass is 32.1. The minimum absolute atomic E-state index is 0.120. The lowest BCUT2D eigenvalue weighted by Gasteiger charge is -2.11. The minimum atomic E-state index is -0.321. The first-order valence-electron chi connectivity index (χ1n) is 10.2. The van der Waals surface area contributed by atoms with Gasteiger partial charge in [0.05, 0.1) is 5.69 Å². The second kappa shape index (κ2) is 8.33. The summed E-state index contributed by atoms with van der Waals surface area (Å²) in [6, 6.07) is 17.6. The maximum absolute atomic E-state index is 13.1. The molecule has 7 heteroatoms. The first-order chi connectivity index (χ1) is 15.3. The van der Waals surface area contributed by atoms with Crippen molar-refractivity contribution >= 4 is 44.7 Å². The van der Waals surface area contributed by atoms with Crippen LogP contribution < -0.4 is 16.8 Å². The number of thiophene rings is 1. The molecule has 0 aliphatic rings. The summed E-state index contributed by atoms with van der Waals surface area (Å²) in [6.07, 6.45) is 0. The molecule has 0 aliphatic heterocycles. The van der Waals surface area contributed by atoms with Gasteiger partial charge in [0, 0.05) is 16.6 Å². The van der Waals surface area contributed by atoms with Gasteiger partial charge < -0.3 is 16.8 Å². The number of nitrogens with two attached hydrogens (primary N) is 2. The molecule has 0 radical (unpaired) electrons. The maximum atomic E-state index is 13.1. The molecule has 4 aromatic rings. The predicted octanol–water partition coefficient (Wildman–Crippen LogP) is 5.68. The zero-order chi connectivity index (χ0) is 23.0. The number of nitrogen functional groups attached to an aromatic ring is 2. The number of carbonyl (C=O) groups is 1. The Morgan fingerprint density at radius 2 is 1.81 bits per heavy atom. The number of nitriles is 1. The number of para-hydroxylation sites is 1. The van der Waals surface area contributed by atoms with Gasteiger partial charge in [-0.05, 0) is 35.6 Å². The molecule has 0 spiro atoms. The van der Waals surface area contributed by atoms with Crippen LogP contribution in [0.25, 0.3) is 21.3 Å². The topological polar surface area (TPSA) is 118 Å². The van der Waals surface area contributed by atoms with Gasteiger partial charge in [-0.25, -0.2) is 4.98 Å². The number of hydrogen-bond acceptors (Lipinski definition) is 6. The van der Waals surface area contributed by atoms with Gasteiger partial charge in [0.25, 0.3) is 5.91 Å². The first kappa shape index (κ1) is 21.3. The fourth-order valence-corrected chi connectivity index (χ4v) is 4.67. The van der Waals surface area contributed by atoms with Crippen molar-refractivity contribution in [3.05, 3.63) is 70.1 Å². The number of carbonyl (C=O) groups excluding carboxylic acids is 1. The normalized spacial score (nSPS) is 11.0. The molecule has 0 bridgehead atoms. The van der Waals surface area contributed by atoms with Crippen LogP contribution in [0.4, 0.5) is 17.2 Å². The number of nitrogens with one attached hydrogen (secondary N) is 1. The molecular formula is C25H23N5OS. The van der Waals surface area contributed by atoms with Crippen molar-refractivity contribution in [2.45, 2.75) is 26.7 Å². The molecule has 0 saturated heterocycles. The van der Waals surface area contributed by atoms with Crippen molar-refractivity contribution < 1.29 is 4.79 Å². The Hall–Kier alpha value is -3.89. The van der Waals surface area contributed by atoms with Crippen molar-refractivity contribution in [3.8, 4) is 17.2 Å². The summed E-state index contributed by atoms with van der Waals surface area (Å²) >= 11 is 1.17. The van der Waals surface area contributed by atoms with E-state index in [0.29, 0.717) is 37.9 Å². The second-order valence-corrected chi connectivity index (χ2v) is 8.93. The van der Waals surface area contributed by atoms with Crippen LogP contribution >= 0.6 is 11.3 Å². The second-order valence-electron chi connectivity index (χ2n) is 7.93. The molecule has 2 aromatic heterocycles. The number of hydrogen-bond donors (Lipinski definition) is 3. The Balaban J connectivity index is 1.89. The molecule has 0 unspecified atom stereocenters. The van der Waals surface area contributed by atoms with E-state index in [0.717, 1.165) is 11.1 Å². The highest BCUT2D eigenvalue weighted by molar-refractivity contribution is 7.21. The van der Waals surface area contributed by atoms with E-state index in [1.165, 1.54) is 16.9 Å². The van der Waals surface area contributed by atoms with Crippen LogP contribution in [0.1, 0.15) is 46.1 Å². The van der Waals surface area contributed by atoms with Gasteiger partial charge in [-0.15, -0.1) is 11.3 Å². The number of pyridine rings is 1. The van der Waals surface area contributed by atoms with Crippen LogP contribution in [-0.4, -0.2) is 10.9 Å². The number of amides is 1. The third kappa shape index (κ3) is 3.66. The molecule has 0 aliphatic carbocycles. The van der Waals surface area contributed by atoms with E-state index in [1.807, 2.05) is 55.5 Å². The van der Waals surface area contributed by atoms with Gasteiger partial charge in [0.1, 0.15) is 27.2 Å². The first-order valence-corrected chi connectivity index (χ1v) is 11.0. The smallest absolute Gasteiger partial charge is 0.267 e. The van der Waals surface area contributed by atoms with E-state index in [2.05, 4.69) is 30.2 Å². The number of fused-ring (bicyclic) bond motifs is 1. The molecule has 0 atom stereocenters. The molecule has 0 fully saturated rings.